The molecule has 5 rings (SSSR count). The molecular weight excluding hydrogens is 374 g/mol. The molecule has 9 heteroatoms. The van der Waals surface area contributed by atoms with Crippen LogP contribution in [0, 0.1) is 0 Å². The second-order valence-electron chi connectivity index (χ2n) is 7.13. The highest BCUT2D eigenvalue weighted by Gasteiger charge is 2.21. The van der Waals surface area contributed by atoms with E-state index in [0.29, 0.717) is 23.8 Å². The molecule has 0 amide bonds. The summed E-state index contributed by atoms with van der Waals surface area (Å²) < 4.78 is 16.1. The third-order valence-corrected chi connectivity index (χ3v) is 5.19. The summed E-state index contributed by atoms with van der Waals surface area (Å²) in [6, 6.07) is 9.66. The summed E-state index contributed by atoms with van der Waals surface area (Å²) in [6.45, 7) is 4.41. The number of benzene rings is 1. The van der Waals surface area contributed by atoms with E-state index in [2.05, 4.69) is 31.0 Å². The van der Waals surface area contributed by atoms with Crippen LogP contribution in [0.1, 0.15) is 17.0 Å². The maximum Gasteiger partial charge on any atom is 0.274 e. The fraction of sp³-hybridized carbons (Fsp3) is 0.350. The number of furan rings is 1. The van der Waals surface area contributed by atoms with Gasteiger partial charge in [0.05, 0.1) is 12.7 Å². The van der Waals surface area contributed by atoms with Crippen LogP contribution in [0.15, 0.2) is 45.8 Å². The first-order valence-corrected chi connectivity index (χ1v) is 9.59. The molecule has 0 aliphatic carbocycles. The lowest BCUT2D eigenvalue weighted by Gasteiger charge is -2.34. The number of nitrogens with one attached hydrogen (secondary N) is 1. The van der Waals surface area contributed by atoms with Gasteiger partial charge in [-0.2, -0.15) is 0 Å². The van der Waals surface area contributed by atoms with Crippen molar-refractivity contribution >= 4 is 5.95 Å². The van der Waals surface area contributed by atoms with Gasteiger partial charge in [0.1, 0.15) is 11.5 Å². The Balaban J connectivity index is 1.19. The number of aromatic nitrogens is 3. The van der Waals surface area contributed by atoms with E-state index in [9.17, 15) is 4.79 Å². The van der Waals surface area contributed by atoms with Crippen LogP contribution in [0.25, 0.3) is 0 Å². The van der Waals surface area contributed by atoms with E-state index in [4.69, 9.17) is 13.9 Å². The maximum absolute atomic E-state index is 12.3. The van der Waals surface area contributed by atoms with Crippen molar-refractivity contribution in [2.75, 3.05) is 37.9 Å². The number of anilines is 1. The Morgan fingerprint density at radius 3 is 2.69 bits per heavy atom. The zero-order chi connectivity index (χ0) is 19.6. The molecule has 0 spiro atoms. The molecule has 9 nitrogen and oxygen atoms in total. The van der Waals surface area contributed by atoms with E-state index in [1.54, 1.807) is 12.3 Å². The van der Waals surface area contributed by atoms with Crippen LogP contribution >= 0.6 is 0 Å². The lowest BCUT2D eigenvalue weighted by atomic mass is 10.1. The topological polar surface area (TPSA) is 96.7 Å². The number of rotatable bonds is 5. The predicted octanol–water partition coefficient (Wildman–Crippen LogP) is 1.40. The van der Waals surface area contributed by atoms with Crippen molar-refractivity contribution in [1.82, 2.24) is 20.1 Å². The van der Waals surface area contributed by atoms with Gasteiger partial charge in [-0.05, 0) is 29.8 Å². The number of aromatic amines is 1. The van der Waals surface area contributed by atoms with Crippen LogP contribution in [0.4, 0.5) is 5.95 Å². The summed E-state index contributed by atoms with van der Waals surface area (Å²) in [5.41, 5.74) is 1.32. The molecule has 1 fully saturated rings. The minimum atomic E-state index is -0.228. The summed E-state index contributed by atoms with van der Waals surface area (Å²) in [6.07, 6.45) is 1.91. The Bertz CT molecular complexity index is 1040. The third kappa shape index (κ3) is 3.81. The average molecular weight is 395 g/mol. The Morgan fingerprint density at radius 1 is 1.03 bits per heavy atom. The largest absolute Gasteiger partial charge is 0.469 e. The van der Waals surface area contributed by atoms with E-state index >= 15 is 0 Å². The number of fused-ring (bicyclic) bond motifs is 1. The summed E-state index contributed by atoms with van der Waals surface area (Å²) in [5, 5.41) is 8.34. The van der Waals surface area contributed by atoms with Gasteiger partial charge in [-0.25, -0.2) is 0 Å². The van der Waals surface area contributed by atoms with Crippen molar-refractivity contribution in [3.63, 3.8) is 0 Å². The highest BCUT2D eigenvalue weighted by atomic mass is 16.7. The lowest BCUT2D eigenvalue weighted by Crippen LogP contribution is -2.47. The fourth-order valence-corrected chi connectivity index (χ4v) is 3.60. The summed E-state index contributed by atoms with van der Waals surface area (Å²) >= 11 is 0. The lowest BCUT2D eigenvalue weighted by molar-refractivity contribution is 0.174. The minimum absolute atomic E-state index is 0.228. The summed E-state index contributed by atoms with van der Waals surface area (Å²) in [4.78, 5) is 19.6. The fourth-order valence-electron chi connectivity index (χ4n) is 3.60. The second-order valence-corrected chi connectivity index (χ2v) is 7.13. The molecule has 2 aliphatic rings. The molecule has 0 unspecified atom stereocenters. The molecule has 2 aliphatic heterocycles. The first-order valence-electron chi connectivity index (χ1n) is 9.59. The van der Waals surface area contributed by atoms with E-state index in [-0.39, 0.29) is 12.4 Å². The van der Waals surface area contributed by atoms with E-state index < -0.39 is 0 Å². The van der Waals surface area contributed by atoms with Crippen LogP contribution in [-0.2, 0) is 13.0 Å². The molecule has 1 N–H and O–H groups in total. The molecular formula is C20H21N5O4. The second kappa shape index (κ2) is 7.59. The third-order valence-electron chi connectivity index (χ3n) is 5.19. The van der Waals surface area contributed by atoms with Gasteiger partial charge in [0.2, 0.25) is 12.7 Å². The van der Waals surface area contributed by atoms with Crippen LogP contribution in [0.5, 0.6) is 11.5 Å². The van der Waals surface area contributed by atoms with Gasteiger partial charge in [0.15, 0.2) is 11.5 Å². The highest BCUT2D eigenvalue weighted by molar-refractivity contribution is 5.44. The van der Waals surface area contributed by atoms with Gasteiger partial charge >= 0.3 is 0 Å². The van der Waals surface area contributed by atoms with Gasteiger partial charge in [-0.3, -0.25) is 14.7 Å². The van der Waals surface area contributed by atoms with Crippen LogP contribution in [0.2, 0.25) is 0 Å². The van der Waals surface area contributed by atoms with Gasteiger partial charge in [0, 0.05) is 32.7 Å². The maximum atomic E-state index is 12.3. The van der Waals surface area contributed by atoms with Crippen LogP contribution in [0.3, 0.4) is 0 Å². The number of nitrogens with zero attached hydrogens (tertiary/aromatic N) is 4. The zero-order valence-corrected chi connectivity index (χ0v) is 15.8. The number of hydrogen-bond acceptors (Lipinski definition) is 8. The molecule has 4 heterocycles. The molecule has 0 saturated carbocycles. The van der Waals surface area contributed by atoms with Crippen molar-refractivity contribution in [1.29, 1.82) is 0 Å². The number of H-pyrrole nitrogens is 1. The Labute approximate surface area is 166 Å². The summed E-state index contributed by atoms with van der Waals surface area (Å²) in [5.74, 6) is 2.82. The Kier molecular flexibility index (Phi) is 4.65. The number of piperazine rings is 1. The first-order chi connectivity index (χ1) is 14.2. The molecule has 29 heavy (non-hydrogen) atoms. The average Bonchev–Trinajstić information content (AvgIpc) is 3.41. The summed E-state index contributed by atoms with van der Waals surface area (Å²) in [7, 11) is 0. The Hall–Kier alpha value is -3.33. The normalized spacial score (nSPS) is 16.3. The van der Waals surface area contributed by atoms with Gasteiger partial charge in [0.25, 0.3) is 5.56 Å². The quantitative estimate of drug-likeness (QED) is 0.693. The first kappa shape index (κ1) is 17.7. The molecule has 0 atom stereocenters. The molecule has 0 radical (unpaired) electrons. The number of hydrogen-bond donors (Lipinski definition) is 1. The van der Waals surface area contributed by atoms with E-state index in [1.165, 1.54) is 5.56 Å². The van der Waals surface area contributed by atoms with E-state index in [0.717, 1.165) is 44.2 Å². The van der Waals surface area contributed by atoms with Gasteiger partial charge < -0.3 is 18.8 Å². The minimum Gasteiger partial charge on any atom is -0.469 e. The molecule has 1 aromatic carbocycles. The van der Waals surface area contributed by atoms with Crippen LogP contribution < -0.4 is 19.9 Å². The van der Waals surface area contributed by atoms with E-state index in [1.807, 2.05) is 18.2 Å². The van der Waals surface area contributed by atoms with Gasteiger partial charge in [-0.1, -0.05) is 6.07 Å². The molecule has 1 saturated heterocycles. The molecule has 150 valence electrons. The smallest absolute Gasteiger partial charge is 0.274 e. The monoisotopic (exact) mass is 395 g/mol. The molecule has 3 aromatic rings. The standard InChI is InChI=1S/C20H21N5O4/c26-19-16(11-15-2-1-9-27-15)22-23-20(21-19)25-7-5-24(6-8-25)12-14-3-4-17-18(10-14)29-13-28-17/h1-4,9-10H,5-8,11-13H2,(H,21,23,26). The van der Waals surface area contributed by atoms with Crippen molar-refractivity contribution < 1.29 is 13.9 Å². The molecule has 2 aromatic heterocycles. The highest BCUT2D eigenvalue weighted by Crippen LogP contribution is 2.32. The van der Waals surface area contributed by atoms with Gasteiger partial charge in [-0.15, -0.1) is 10.2 Å². The van der Waals surface area contributed by atoms with Crippen molar-refractivity contribution in [2.45, 2.75) is 13.0 Å². The SMILES string of the molecule is O=c1[nH]c(N2CCN(Cc3ccc4c(c3)OCO4)CC2)nnc1Cc1ccco1. The predicted molar refractivity (Wildman–Crippen MR) is 104 cm³/mol. The van der Waals surface area contributed by atoms with Crippen molar-refractivity contribution in [2.24, 2.45) is 0 Å². The zero-order valence-electron chi connectivity index (χ0n) is 15.8. The molecule has 0 bridgehead atoms. The number of ether oxygens (including phenoxy) is 2. The van der Waals surface area contributed by atoms with Crippen LogP contribution in [-0.4, -0.2) is 53.1 Å². The Morgan fingerprint density at radius 2 is 1.90 bits per heavy atom. The van der Waals surface area contributed by atoms with Crippen molar-refractivity contribution in [3.8, 4) is 11.5 Å². The van der Waals surface area contributed by atoms with Crippen molar-refractivity contribution in [3.05, 3.63) is 64.0 Å².